The zero-order valence-electron chi connectivity index (χ0n) is 10.2. The monoisotopic (exact) mass is 281 g/mol. The molecule has 96 valence electrons. The summed E-state index contributed by atoms with van der Waals surface area (Å²) in [7, 11) is 0. The molecule has 2 rings (SSSR count). The first-order chi connectivity index (χ1) is 8.56. The van der Waals surface area contributed by atoms with E-state index in [1.165, 1.54) is 33.8 Å². The third-order valence-corrected chi connectivity index (χ3v) is 5.01. The summed E-state index contributed by atoms with van der Waals surface area (Å²) in [4.78, 5) is 20.6. The Labute approximate surface area is 114 Å². The second-order valence-corrected chi connectivity index (χ2v) is 6.53. The van der Waals surface area contributed by atoms with Gasteiger partial charge in [0.2, 0.25) is 0 Å². The van der Waals surface area contributed by atoms with Gasteiger partial charge in [0.1, 0.15) is 0 Å². The fourth-order valence-electron chi connectivity index (χ4n) is 1.56. The number of aryl methyl sites for hydroxylation is 1. The van der Waals surface area contributed by atoms with Crippen LogP contribution in [0.3, 0.4) is 0 Å². The zero-order chi connectivity index (χ0) is 13.1. The van der Waals surface area contributed by atoms with E-state index in [-0.39, 0.29) is 16.9 Å². The van der Waals surface area contributed by atoms with Crippen LogP contribution in [0.15, 0.2) is 34.3 Å². The molecule has 2 heterocycles. The molecule has 0 radical (unpaired) electrons. The predicted octanol–water partition coefficient (Wildman–Crippen LogP) is 2.32. The smallest absolute Gasteiger partial charge is 0.251 e. The molecule has 0 aromatic carbocycles. The molecule has 0 saturated carbocycles. The first-order valence-corrected chi connectivity index (χ1v) is 7.30. The van der Waals surface area contributed by atoms with Crippen molar-refractivity contribution >= 4 is 23.1 Å². The normalized spacial score (nSPS) is 14.4. The highest BCUT2D eigenvalue weighted by atomic mass is 32.2. The number of thiophene rings is 1. The molecule has 0 saturated heterocycles. The van der Waals surface area contributed by atoms with E-state index >= 15 is 0 Å². The van der Waals surface area contributed by atoms with E-state index in [1.54, 1.807) is 11.3 Å². The van der Waals surface area contributed by atoms with Crippen molar-refractivity contribution in [1.82, 2.24) is 9.97 Å². The molecular formula is C12H15N3OS2. The van der Waals surface area contributed by atoms with Crippen LogP contribution in [0.2, 0.25) is 0 Å². The van der Waals surface area contributed by atoms with Crippen molar-refractivity contribution in [2.45, 2.75) is 30.3 Å². The molecule has 2 unspecified atom stereocenters. The van der Waals surface area contributed by atoms with E-state index in [2.05, 4.69) is 29.0 Å². The van der Waals surface area contributed by atoms with Gasteiger partial charge in [0.15, 0.2) is 5.16 Å². The number of hydrogen-bond acceptors (Lipinski definition) is 5. The van der Waals surface area contributed by atoms with Gasteiger partial charge in [-0.1, -0.05) is 11.8 Å². The van der Waals surface area contributed by atoms with Crippen LogP contribution in [0.25, 0.3) is 0 Å². The third-order valence-electron chi connectivity index (χ3n) is 2.41. The van der Waals surface area contributed by atoms with Crippen molar-refractivity contribution in [3.8, 4) is 0 Å². The summed E-state index contributed by atoms with van der Waals surface area (Å²) in [6.45, 7) is 4.04. The number of nitrogens with two attached hydrogens (primary N) is 1. The fourth-order valence-corrected chi connectivity index (χ4v) is 3.76. The Morgan fingerprint density at radius 2 is 2.22 bits per heavy atom. The Hall–Kier alpha value is -1.11. The molecule has 0 fully saturated rings. The van der Waals surface area contributed by atoms with Gasteiger partial charge in [-0.15, -0.1) is 11.3 Å². The lowest BCUT2D eigenvalue weighted by Crippen LogP contribution is -2.22. The first kappa shape index (κ1) is 13.3. The number of rotatable bonds is 4. The molecule has 3 N–H and O–H groups in total. The van der Waals surface area contributed by atoms with Crippen LogP contribution in [0.4, 0.5) is 0 Å². The Morgan fingerprint density at radius 3 is 2.78 bits per heavy atom. The topological polar surface area (TPSA) is 71.8 Å². The maximum absolute atomic E-state index is 11.2. The number of hydrogen-bond donors (Lipinski definition) is 2. The van der Waals surface area contributed by atoms with Crippen LogP contribution in [0.5, 0.6) is 0 Å². The molecule has 0 amide bonds. The Kier molecular flexibility index (Phi) is 4.21. The van der Waals surface area contributed by atoms with Crippen molar-refractivity contribution in [3.05, 3.63) is 44.5 Å². The van der Waals surface area contributed by atoms with E-state index in [9.17, 15) is 4.79 Å². The van der Waals surface area contributed by atoms with Crippen LogP contribution in [0.1, 0.15) is 21.9 Å². The number of thioether (sulfide) groups is 1. The van der Waals surface area contributed by atoms with Gasteiger partial charge in [-0.2, -0.15) is 0 Å². The SMILES string of the molecule is Cc1ccc(C(Sc2nccc(=O)[nH]2)C(C)N)s1. The lowest BCUT2D eigenvalue weighted by Gasteiger charge is -2.17. The number of nitrogens with one attached hydrogen (secondary N) is 1. The lowest BCUT2D eigenvalue weighted by atomic mass is 10.2. The Morgan fingerprint density at radius 1 is 1.44 bits per heavy atom. The summed E-state index contributed by atoms with van der Waals surface area (Å²) in [5.74, 6) is 0. The van der Waals surface area contributed by atoms with Crippen LogP contribution in [0, 0.1) is 6.92 Å². The summed E-state index contributed by atoms with van der Waals surface area (Å²) in [6.07, 6.45) is 1.51. The minimum Gasteiger partial charge on any atom is -0.327 e. The summed E-state index contributed by atoms with van der Waals surface area (Å²) >= 11 is 3.22. The minimum atomic E-state index is -0.140. The van der Waals surface area contributed by atoms with Crippen LogP contribution < -0.4 is 11.3 Å². The van der Waals surface area contributed by atoms with Gasteiger partial charge >= 0.3 is 0 Å². The number of H-pyrrole nitrogens is 1. The molecule has 0 aliphatic rings. The Bertz CT molecular complexity index is 576. The first-order valence-electron chi connectivity index (χ1n) is 5.60. The van der Waals surface area contributed by atoms with Gasteiger partial charge in [-0.25, -0.2) is 4.98 Å². The highest BCUT2D eigenvalue weighted by Crippen LogP contribution is 2.38. The van der Waals surface area contributed by atoms with E-state index in [0.29, 0.717) is 5.16 Å². The van der Waals surface area contributed by atoms with Gasteiger partial charge in [0, 0.05) is 28.1 Å². The molecule has 0 aliphatic carbocycles. The van der Waals surface area contributed by atoms with Crippen molar-refractivity contribution in [2.75, 3.05) is 0 Å². The van der Waals surface area contributed by atoms with Crippen molar-refractivity contribution in [3.63, 3.8) is 0 Å². The molecule has 18 heavy (non-hydrogen) atoms. The Balaban J connectivity index is 2.24. The van der Waals surface area contributed by atoms with Gasteiger partial charge in [0.05, 0.1) is 5.25 Å². The average Bonchev–Trinajstić information content (AvgIpc) is 2.72. The molecule has 2 aromatic heterocycles. The van der Waals surface area contributed by atoms with Crippen LogP contribution >= 0.6 is 23.1 Å². The average molecular weight is 281 g/mol. The molecule has 6 heteroatoms. The molecule has 4 nitrogen and oxygen atoms in total. The summed E-state index contributed by atoms with van der Waals surface area (Å²) < 4.78 is 0. The minimum absolute atomic E-state index is 0.0152. The van der Waals surface area contributed by atoms with E-state index in [0.717, 1.165) is 0 Å². The van der Waals surface area contributed by atoms with Crippen molar-refractivity contribution < 1.29 is 0 Å². The lowest BCUT2D eigenvalue weighted by molar-refractivity contribution is 0.725. The molecule has 0 spiro atoms. The van der Waals surface area contributed by atoms with Gasteiger partial charge in [-0.05, 0) is 26.0 Å². The molecule has 2 atom stereocenters. The predicted molar refractivity (Wildman–Crippen MR) is 76.2 cm³/mol. The van der Waals surface area contributed by atoms with Crippen LogP contribution in [-0.4, -0.2) is 16.0 Å². The second-order valence-electron chi connectivity index (χ2n) is 4.09. The van der Waals surface area contributed by atoms with Gasteiger partial charge in [0.25, 0.3) is 5.56 Å². The second kappa shape index (κ2) is 5.69. The highest BCUT2D eigenvalue weighted by Gasteiger charge is 2.20. The molecule has 2 aromatic rings. The summed E-state index contributed by atoms with van der Waals surface area (Å²) in [6, 6.07) is 5.55. The standard InChI is InChI=1S/C12H15N3OS2/c1-7-3-4-9(17-7)11(8(2)13)18-12-14-6-5-10(16)15-12/h3-6,8,11H,13H2,1-2H3,(H,14,15,16). The van der Waals surface area contributed by atoms with Gasteiger partial charge < -0.3 is 10.7 Å². The maximum Gasteiger partial charge on any atom is 0.251 e. The third kappa shape index (κ3) is 3.22. The van der Waals surface area contributed by atoms with Crippen LogP contribution in [-0.2, 0) is 0 Å². The van der Waals surface area contributed by atoms with E-state index in [4.69, 9.17) is 5.73 Å². The molecule has 0 aliphatic heterocycles. The summed E-state index contributed by atoms with van der Waals surface area (Å²) in [5.41, 5.74) is 5.89. The fraction of sp³-hybridized carbons (Fsp3) is 0.333. The number of nitrogens with zero attached hydrogens (tertiary/aromatic N) is 1. The number of aromatic nitrogens is 2. The maximum atomic E-state index is 11.2. The van der Waals surface area contributed by atoms with E-state index < -0.39 is 0 Å². The van der Waals surface area contributed by atoms with Crippen molar-refractivity contribution in [2.24, 2.45) is 5.73 Å². The summed E-state index contributed by atoms with van der Waals surface area (Å²) in [5, 5.41) is 0.713. The quantitative estimate of drug-likeness (QED) is 0.666. The zero-order valence-corrected chi connectivity index (χ0v) is 11.8. The molecular weight excluding hydrogens is 266 g/mol. The van der Waals surface area contributed by atoms with Crippen molar-refractivity contribution in [1.29, 1.82) is 0 Å². The van der Waals surface area contributed by atoms with E-state index in [1.807, 2.05) is 6.92 Å². The largest absolute Gasteiger partial charge is 0.327 e. The number of aromatic amines is 1. The van der Waals surface area contributed by atoms with Gasteiger partial charge in [-0.3, -0.25) is 4.79 Å². The molecule has 0 bridgehead atoms. The highest BCUT2D eigenvalue weighted by molar-refractivity contribution is 7.99.